The monoisotopic (exact) mass is 280 g/mol. The summed E-state index contributed by atoms with van der Waals surface area (Å²) in [6, 6.07) is 8.66. The summed E-state index contributed by atoms with van der Waals surface area (Å²) in [4.78, 5) is 10.8. The van der Waals surface area contributed by atoms with Gasteiger partial charge in [0.1, 0.15) is 5.75 Å². The molecule has 0 bridgehead atoms. The van der Waals surface area contributed by atoms with Gasteiger partial charge in [-0.25, -0.2) is 4.79 Å². The third kappa shape index (κ3) is 1.88. The van der Waals surface area contributed by atoms with Gasteiger partial charge in [0.2, 0.25) is 0 Å². The van der Waals surface area contributed by atoms with E-state index >= 15 is 0 Å². The lowest BCUT2D eigenvalue weighted by atomic mass is 10.1. The standard InChI is InChI=1S/C12H9BrO3/c1-16-9-5-8-4-7(12(14)15)2-3-10(8)11(13)6-9/h2-6H,1H3,(H,14,15). The normalized spacial score (nSPS) is 10.4. The summed E-state index contributed by atoms with van der Waals surface area (Å²) < 4.78 is 6.01. The predicted octanol–water partition coefficient (Wildman–Crippen LogP) is 3.31. The predicted molar refractivity (Wildman–Crippen MR) is 65.2 cm³/mol. The highest BCUT2D eigenvalue weighted by Gasteiger charge is 2.07. The Hall–Kier alpha value is -1.55. The van der Waals surface area contributed by atoms with Gasteiger partial charge in [-0.2, -0.15) is 0 Å². The van der Waals surface area contributed by atoms with Crippen LogP contribution in [-0.4, -0.2) is 18.2 Å². The first kappa shape index (κ1) is 11.0. The summed E-state index contributed by atoms with van der Waals surface area (Å²) in [5.41, 5.74) is 0.271. The van der Waals surface area contributed by atoms with Gasteiger partial charge in [0.25, 0.3) is 0 Å². The molecule has 0 saturated heterocycles. The summed E-state index contributed by atoms with van der Waals surface area (Å²) in [5, 5.41) is 10.7. The fourth-order valence-electron chi connectivity index (χ4n) is 1.55. The number of halogens is 1. The van der Waals surface area contributed by atoms with Crippen molar-refractivity contribution in [2.45, 2.75) is 0 Å². The van der Waals surface area contributed by atoms with Crippen molar-refractivity contribution in [3.63, 3.8) is 0 Å². The number of benzene rings is 2. The van der Waals surface area contributed by atoms with Gasteiger partial charge >= 0.3 is 5.97 Å². The van der Waals surface area contributed by atoms with E-state index in [0.717, 1.165) is 15.2 Å². The smallest absolute Gasteiger partial charge is 0.335 e. The minimum Gasteiger partial charge on any atom is -0.497 e. The molecule has 2 aromatic carbocycles. The highest BCUT2D eigenvalue weighted by molar-refractivity contribution is 9.10. The molecule has 1 N–H and O–H groups in total. The highest BCUT2D eigenvalue weighted by Crippen LogP contribution is 2.30. The highest BCUT2D eigenvalue weighted by atomic mass is 79.9. The number of methoxy groups -OCH3 is 1. The number of ether oxygens (including phenoxy) is 1. The largest absolute Gasteiger partial charge is 0.497 e. The van der Waals surface area contributed by atoms with E-state index in [9.17, 15) is 4.79 Å². The number of hydrogen-bond donors (Lipinski definition) is 1. The van der Waals surface area contributed by atoms with Gasteiger partial charge in [0, 0.05) is 4.47 Å². The molecular weight excluding hydrogens is 272 g/mol. The first-order valence-corrected chi connectivity index (χ1v) is 5.41. The van der Waals surface area contributed by atoms with Crippen LogP contribution in [0.3, 0.4) is 0 Å². The van der Waals surface area contributed by atoms with E-state index in [1.807, 2.05) is 12.1 Å². The van der Waals surface area contributed by atoms with Crippen LogP contribution >= 0.6 is 15.9 Å². The number of fused-ring (bicyclic) bond motifs is 1. The zero-order valence-corrected chi connectivity index (χ0v) is 10.1. The van der Waals surface area contributed by atoms with Crippen LogP contribution in [0.25, 0.3) is 10.8 Å². The van der Waals surface area contributed by atoms with Gasteiger partial charge in [-0.05, 0) is 35.0 Å². The third-order valence-electron chi connectivity index (χ3n) is 2.36. The van der Waals surface area contributed by atoms with Crippen LogP contribution in [-0.2, 0) is 0 Å². The van der Waals surface area contributed by atoms with E-state index in [0.29, 0.717) is 5.75 Å². The summed E-state index contributed by atoms with van der Waals surface area (Å²) in [6.07, 6.45) is 0. The van der Waals surface area contributed by atoms with Crippen molar-refractivity contribution < 1.29 is 14.6 Å². The van der Waals surface area contributed by atoms with E-state index in [-0.39, 0.29) is 5.56 Å². The molecule has 0 radical (unpaired) electrons. The summed E-state index contributed by atoms with van der Waals surface area (Å²) in [5.74, 6) is -0.234. The molecule has 0 atom stereocenters. The Morgan fingerprint density at radius 3 is 2.69 bits per heavy atom. The number of carboxylic acid groups (broad SMARTS) is 1. The number of carboxylic acids is 1. The molecule has 2 aromatic rings. The van der Waals surface area contributed by atoms with Gasteiger partial charge in [-0.3, -0.25) is 0 Å². The van der Waals surface area contributed by atoms with Crippen LogP contribution in [0, 0.1) is 0 Å². The van der Waals surface area contributed by atoms with Gasteiger partial charge in [-0.15, -0.1) is 0 Å². The van der Waals surface area contributed by atoms with Gasteiger partial charge in [0.15, 0.2) is 0 Å². The maximum absolute atomic E-state index is 10.8. The lowest BCUT2D eigenvalue weighted by Gasteiger charge is -2.06. The van der Waals surface area contributed by atoms with E-state index in [4.69, 9.17) is 9.84 Å². The van der Waals surface area contributed by atoms with Crippen LogP contribution in [0.5, 0.6) is 5.75 Å². The second-order valence-electron chi connectivity index (χ2n) is 3.35. The molecule has 4 heteroatoms. The van der Waals surface area contributed by atoms with Crippen molar-refractivity contribution in [2.24, 2.45) is 0 Å². The quantitative estimate of drug-likeness (QED) is 0.918. The lowest BCUT2D eigenvalue weighted by Crippen LogP contribution is -1.95. The number of aromatic carboxylic acids is 1. The fourth-order valence-corrected chi connectivity index (χ4v) is 2.13. The minimum absolute atomic E-state index is 0.271. The molecule has 0 aliphatic carbocycles. The SMILES string of the molecule is COc1cc(Br)c2ccc(C(=O)O)cc2c1. The number of hydrogen-bond acceptors (Lipinski definition) is 2. The van der Waals surface area contributed by atoms with Gasteiger partial charge in [0.05, 0.1) is 12.7 Å². The first-order chi connectivity index (χ1) is 7.61. The molecule has 16 heavy (non-hydrogen) atoms. The average Bonchev–Trinajstić information content (AvgIpc) is 2.28. The first-order valence-electron chi connectivity index (χ1n) is 4.62. The molecule has 0 heterocycles. The Morgan fingerprint density at radius 2 is 2.06 bits per heavy atom. The zero-order chi connectivity index (χ0) is 11.7. The molecule has 0 fully saturated rings. The van der Waals surface area contributed by atoms with Crippen molar-refractivity contribution >= 4 is 32.7 Å². The Morgan fingerprint density at radius 1 is 1.31 bits per heavy atom. The van der Waals surface area contributed by atoms with Crippen LogP contribution in [0.15, 0.2) is 34.8 Å². The number of carbonyl (C=O) groups is 1. The molecule has 0 spiro atoms. The summed E-state index contributed by atoms with van der Waals surface area (Å²) >= 11 is 3.42. The Bertz CT molecular complexity index is 563. The van der Waals surface area contributed by atoms with Crippen molar-refractivity contribution in [1.29, 1.82) is 0 Å². The molecule has 2 rings (SSSR count). The molecule has 0 unspecified atom stereocenters. The third-order valence-corrected chi connectivity index (χ3v) is 3.01. The van der Waals surface area contributed by atoms with E-state index < -0.39 is 5.97 Å². The molecular formula is C12H9BrO3. The van der Waals surface area contributed by atoms with Crippen LogP contribution < -0.4 is 4.74 Å². The maximum Gasteiger partial charge on any atom is 0.335 e. The maximum atomic E-state index is 10.8. The van der Waals surface area contributed by atoms with E-state index in [1.165, 1.54) is 0 Å². The second-order valence-corrected chi connectivity index (χ2v) is 4.20. The van der Waals surface area contributed by atoms with Crippen molar-refractivity contribution in [1.82, 2.24) is 0 Å². The van der Waals surface area contributed by atoms with Crippen LogP contribution in [0.2, 0.25) is 0 Å². The minimum atomic E-state index is -0.930. The topological polar surface area (TPSA) is 46.5 Å². The molecule has 0 saturated carbocycles. The molecule has 0 amide bonds. The van der Waals surface area contributed by atoms with Crippen LogP contribution in [0.1, 0.15) is 10.4 Å². The molecule has 3 nitrogen and oxygen atoms in total. The summed E-state index contributed by atoms with van der Waals surface area (Å²) in [7, 11) is 1.58. The molecule has 82 valence electrons. The average molecular weight is 281 g/mol. The van der Waals surface area contributed by atoms with Crippen molar-refractivity contribution in [3.05, 3.63) is 40.4 Å². The molecule has 0 aliphatic heterocycles. The van der Waals surface area contributed by atoms with Gasteiger partial charge in [-0.1, -0.05) is 22.0 Å². The van der Waals surface area contributed by atoms with Gasteiger partial charge < -0.3 is 9.84 Å². The summed E-state index contributed by atoms with van der Waals surface area (Å²) in [6.45, 7) is 0. The zero-order valence-electron chi connectivity index (χ0n) is 8.53. The Balaban J connectivity index is 2.71. The fraction of sp³-hybridized carbons (Fsp3) is 0.0833. The Kier molecular flexibility index (Phi) is 2.83. The van der Waals surface area contributed by atoms with Crippen molar-refractivity contribution in [3.8, 4) is 5.75 Å². The number of rotatable bonds is 2. The van der Waals surface area contributed by atoms with E-state index in [1.54, 1.807) is 25.3 Å². The second kappa shape index (κ2) is 4.14. The van der Waals surface area contributed by atoms with Crippen molar-refractivity contribution in [2.75, 3.05) is 7.11 Å². The Labute approximate surface area is 101 Å². The van der Waals surface area contributed by atoms with E-state index in [2.05, 4.69) is 15.9 Å². The molecule has 0 aromatic heterocycles. The molecule has 0 aliphatic rings. The van der Waals surface area contributed by atoms with Crippen LogP contribution in [0.4, 0.5) is 0 Å². The lowest BCUT2D eigenvalue weighted by molar-refractivity contribution is 0.0697.